The third kappa shape index (κ3) is 4.78. The number of amides is 2. The normalized spacial score (nSPS) is 13.4. The molecule has 1 atom stereocenters. The number of carbonyl (C=O) groups excluding carboxylic acids is 3. The van der Waals surface area contributed by atoms with Crippen LogP contribution in [0.25, 0.3) is 22.6 Å². The summed E-state index contributed by atoms with van der Waals surface area (Å²) in [5.74, 6) is -0.534. The summed E-state index contributed by atoms with van der Waals surface area (Å²) in [5.41, 5.74) is 5.08. The molecule has 5 rings (SSSR count). The Kier molecular flexibility index (Phi) is 6.74. The van der Waals surface area contributed by atoms with E-state index >= 15 is 0 Å². The number of hydrogen-bond acceptors (Lipinski definition) is 7. The van der Waals surface area contributed by atoms with E-state index in [9.17, 15) is 14.4 Å². The monoisotopic (exact) mass is 510 g/mol. The van der Waals surface area contributed by atoms with Crippen molar-refractivity contribution in [2.24, 2.45) is 5.92 Å². The molecule has 9 heteroatoms. The van der Waals surface area contributed by atoms with Crippen LogP contribution in [0.2, 0.25) is 0 Å². The molecule has 4 aromatic rings. The summed E-state index contributed by atoms with van der Waals surface area (Å²) in [5, 5.41) is 10.4. The molecule has 192 valence electrons. The number of ether oxygens (including phenoxy) is 1. The molecule has 1 aromatic heterocycles. The van der Waals surface area contributed by atoms with E-state index in [0.29, 0.717) is 29.2 Å². The van der Waals surface area contributed by atoms with Gasteiger partial charge in [-0.15, -0.1) is 10.2 Å². The van der Waals surface area contributed by atoms with Crippen LogP contribution in [0.1, 0.15) is 40.1 Å². The third-order valence-electron chi connectivity index (χ3n) is 6.58. The molecule has 1 aliphatic rings. The second kappa shape index (κ2) is 10.3. The molecule has 38 heavy (non-hydrogen) atoms. The summed E-state index contributed by atoms with van der Waals surface area (Å²) in [7, 11) is 1.34. The maximum atomic E-state index is 13.2. The molecule has 0 bridgehead atoms. The van der Waals surface area contributed by atoms with Crippen LogP contribution in [0.4, 0.5) is 5.69 Å². The lowest BCUT2D eigenvalue weighted by atomic mass is 10.00. The fourth-order valence-corrected chi connectivity index (χ4v) is 4.62. The fourth-order valence-electron chi connectivity index (χ4n) is 4.62. The van der Waals surface area contributed by atoms with Gasteiger partial charge < -0.3 is 19.4 Å². The van der Waals surface area contributed by atoms with E-state index in [1.807, 2.05) is 56.3 Å². The van der Waals surface area contributed by atoms with E-state index in [-0.39, 0.29) is 17.7 Å². The van der Waals surface area contributed by atoms with E-state index < -0.39 is 12.0 Å². The second-order valence-electron chi connectivity index (χ2n) is 9.37. The van der Waals surface area contributed by atoms with Gasteiger partial charge >= 0.3 is 5.97 Å². The van der Waals surface area contributed by atoms with Crippen LogP contribution in [0.15, 0.2) is 77.5 Å². The fraction of sp³-hybridized carbons (Fsp3) is 0.207. The number of nitrogens with zero attached hydrogens (tertiary/aromatic N) is 3. The first-order valence-corrected chi connectivity index (χ1v) is 12.2. The summed E-state index contributed by atoms with van der Waals surface area (Å²) in [6.07, 6.45) is 1.25. The smallest absolute Gasteiger partial charge is 0.328 e. The number of anilines is 1. The van der Waals surface area contributed by atoms with Crippen LogP contribution >= 0.6 is 0 Å². The number of rotatable bonds is 7. The van der Waals surface area contributed by atoms with Gasteiger partial charge in [-0.2, -0.15) is 0 Å². The lowest BCUT2D eigenvalue weighted by molar-refractivity contribution is -0.147. The number of fused-ring (bicyclic) bond motifs is 1. The number of hydrogen-bond donors (Lipinski definition) is 1. The molecule has 3 aromatic carbocycles. The summed E-state index contributed by atoms with van der Waals surface area (Å²) >= 11 is 0. The second-order valence-corrected chi connectivity index (χ2v) is 9.37. The van der Waals surface area contributed by atoms with Gasteiger partial charge in [-0.05, 0) is 65.1 Å². The Hall–Kier alpha value is -4.79. The molecule has 0 saturated carbocycles. The van der Waals surface area contributed by atoms with Gasteiger partial charge in [0.1, 0.15) is 6.04 Å². The number of esters is 1. The zero-order valence-electron chi connectivity index (χ0n) is 21.2. The molecule has 0 fully saturated rings. The quantitative estimate of drug-likeness (QED) is 0.355. The Morgan fingerprint density at radius 1 is 0.974 bits per heavy atom. The van der Waals surface area contributed by atoms with Crippen molar-refractivity contribution in [1.82, 2.24) is 15.1 Å². The van der Waals surface area contributed by atoms with Gasteiger partial charge in [0.15, 0.2) is 0 Å². The highest BCUT2D eigenvalue weighted by molar-refractivity contribution is 6.04. The first kappa shape index (κ1) is 24.9. The topological polar surface area (TPSA) is 115 Å². The Morgan fingerprint density at radius 2 is 1.66 bits per heavy atom. The molecule has 2 heterocycles. The molecular weight excluding hydrogens is 484 g/mol. The van der Waals surface area contributed by atoms with Crippen LogP contribution in [0, 0.1) is 5.92 Å². The van der Waals surface area contributed by atoms with Gasteiger partial charge in [0, 0.05) is 28.9 Å². The maximum absolute atomic E-state index is 13.2. The Labute approximate surface area is 219 Å². The van der Waals surface area contributed by atoms with Gasteiger partial charge in [-0.1, -0.05) is 38.1 Å². The first-order valence-electron chi connectivity index (χ1n) is 12.2. The summed E-state index contributed by atoms with van der Waals surface area (Å²) < 4.78 is 10.1. The van der Waals surface area contributed by atoms with Crippen molar-refractivity contribution >= 4 is 23.5 Å². The average molecular weight is 511 g/mol. The predicted molar refractivity (Wildman–Crippen MR) is 140 cm³/mol. The summed E-state index contributed by atoms with van der Waals surface area (Å²) in [6, 6.07) is 19.4. The van der Waals surface area contributed by atoms with Crippen LogP contribution < -0.4 is 5.32 Å². The maximum Gasteiger partial charge on any atom is 0.328 e. The van der Waals surface area contributed by atoms with Gasteiger partial charge in [-0.25, -0.2) is 4.79 Å². The standard InChI is InChI=1S/C29H26N4O5/c1-17(2)25(29(36)37-3)33-15-22-9-8-21(14-24(22)28(33)35)18-10-12-23(13-11-18)31-26(34)19-4-6-20(7-5-19)27-32-30-16-38-27/h4-14,16-17,25H,15H2,1-3H3,(H,31,34). The molecule has 0 radical (unpaired) electrons. The van der Waals surface area contributed by atoms with Crippen molar-refractivity contribution in [1.29, 1.82) is 0 Å². The molecular formula is C29H26N4O5. The molecule has 9 nitrogen and oxygen atoms in total. The summed E-state index contributed by atoms with van der Waals surface area (Å²) in [6.45, 7) is 4.16. The van der Waals surface area contributed by atoms with Crippen LogP contribution in [0.5, 0.6) is 0 Å². The third-order valence-corrected chi connectivity index (χ3v) is 6.58. The minimum Gasteiger partial charge on any atom is -0.467 e. The zero-order valence-corrected chi connectivity index (χ0v) is 21.2. The molecule has 0 aliphatic carbocycles. The van der Waals surface area contributed by atoms with Crippen LogP contribution in [-0.2, 0) is 16.1 Å². The Morgan fingerprint density at radius 3 is 2.29 bits per heavy atom. The molecule has 0 spiro atoms. The first-order chi connectivity index (χ1) is 18.4. The molecule has 0 saturated heterocycles. The largest absolute Gasteiger partial charge is 0.467 e. The van der Waals surface area contributed by atoms with Crippen molar-refractivity contribution in [3.63, 3.8) is 0 Å². The van der Waals surface area contributed by atoms with Gasteiger partial charge in [0.2, 0.25) is 12.3 Å². The van der Waals surface area contributed by atoms with Crippen LogP contribution in [-0.4, -0.2) is 46.0 Å². The average Bonchev–Trinajstić information content (AvgIpc) is 3.58. The Balaban J connectivity index is 1.28. The minimum atomic E-state index is -0.638. The number of nitrogens with one attached hydrogen (secondary N) is 1. The Bertz CT molecular complexity index is 1480. The van der Waals surface area contributed by atoms with Crippen molar-refractivity contribution in [3.8, 4) is 22.6 Å². The van der Waals surface area contributed by atoms with Crippen molar-refractivity contribution in [2.45, 2.75) is 26.4 Å². The van der Waals surface area contributed by atoms with E-state index in [4.69, 9.17) is 9.15 Å². The highest BCUT2D eigenvalue weighted by Gasteiger charge is 2.38. The lowest BCUT2D eigenvalue weighted by Crippen LogP contribution is -2.45. The lowest BCUT2D eigenvalue weighted by Gasteiger charge is -2.28. The number of methoxy groups -OCH3 is 1. The predicted octanol–water partition coefficient (Wildman–Crippen LogP) is 4.81. The van der Waals surface area contributed by atoms with E-state index in [2.05, 4.69) is 15.5 Å². The van der Waals surface area contributed by atoms with Crippen molar-refractivity contribution < 1.29 is 23.5 Å². The van der Waals surface area contributed by atoms with Gasteiger partial charge in [0.25, 0.3) is 11.8 Å². The minimum absolute atomic E-state index is 0.0776. The molecule has 1 unspecified atom stereocenters. The van der Waals surface area contributed by atoms with E-state index in [1.165, 1.54) is 13.5 Å². The van der Waals surface area contributed by atoms with Gasteiger partial charge in [0.05, 0.1) is 7.11 Å². The van der Waals surface area contributed by atoms with Crippen LogP contribution in [0.3, 0.4) is 0 Å². The number of benzene rings is 3. The van der Waals surface area contributed by atoms with Crippen molar-refractivity contribution in [2.75, 3.05) is 12.4 Å². The van der Waals surface area contributed by atoms with E-state index in [0.717, 1.165) is 22.3 Å². The highest BCUT2D eigenvalue weighted by Crippen LogP contribution is 2.32. The zero-order chi connectivity index (χ0) is 26.8. The summed E-state index contributed by atoms with van der Waals surface area (Å²) in [4.78, 5) is 39.8. The van der Waals surface area contributed by atoms with Crippen molar-refractivity contribution in [3.05, 3.63) is 89.8 Å². The van der Waals surface area contributed by atoms with Gasteiger partial charge in [-0.3, -0.25) is 9.59 Å². The molecule has 2 amide bonds. The SMILES string of the molecule is COC(=O)C(C(C)C)N1Cc2ccc(-c3ccc(NC(=O)c4ccc(-c5nnco5)cc4)cc3)cc2C1=O. The molecule has 1 N–H and O–H groups in total. The molecule has 1 aliphatic heterocycles. The highest BCUT2D eigenvalue weighted by atomic mass is 16.5. The number of aromatic nitrogens is 2. The van der Waals surface area contributed by atoms with E-state index in [1.54, 1.807) is 29.2 Å². The number of carbonyl (C=O) groups is 3.